The van der Waals surface area contributed by atoms with Gasteiger partial charge in [-0.3, -0.25) is 9.59 Å². The molecule has 0 fully saturated rings. The van der Waals surface area contributed by atoms with Crippen molar-refractivity contribution in [2.24, 2.45) is 4.99 Å². The minimum Gasteiger partial charge on any atom is -0.347 e. The molecule has 1 aliphatic heterocycles. The number of hydrogen-bond acceptors (Lipinski definition) is 4. The Hall–Kier alpha value is -2.99. The molecule has 0 radical (unpaired) electrons. The molecule has 2 heterocycles. The lowest BCUT2D eigenvalue weighted by Crippen LogP contribution is -2.25. The monoisotopic (exact) mass is 396 g/mol. The van der Waals surface area contributed by atoms with Crippen molar-refractivity contribution < 1.29 is 9.59 Å². The van der Waals surface area contributed by atoms with Gasteiger partial charge in [-0.15, -0.1) is 0 Å². The van der Waals surface area contributed by atoms with Crippen molar-refractivity contribution in [1.29, 1.82) is 0 Å². The van der Waals surface area contributed by atoms with Gasteiger partial charge in [0.05, 0.1) is 5.71 Å². The summed E-state index contributed by atoms with van der Waals surface area (Å²) in [5.74, 6) is -0.194. The molecule has 0 aliphatic carbocycles. The molecule has 3 rings (SSSR count). The summed E-state index contributed by atoms with van der Waals surface area (Å²) in [6, 6.07) is 11.2. The molecule has 0 atom stereocenters. The average molecular weight is 397 g/mol. The van der Waals surface area contributed by atoms with Gasteiger partial charge in [0.2, 0.25) is 5.91 Å². The molecule has 28 heavy (non-hydrogen) atoms. The Kier molecular flexibility index (Phi) is 6.21. The van der Waals surface area contributed by atoms with Crippen molar-refractivity contribution >= 4 is 34.8 Å². The van der Waals surface area contributed by atoms with Crippen molar-refractivity contribution in [3.05, 3.63) is 70.6 Å². The number of nitrogens with one attached hydrogen (secondary N) is 1. The lowest BCUT2D eigenvalue weighted by Gasteiger charge is -2.16. The van der Waals surface area contributed by atoms with Crippen molar-refractivity contribution in [2.75, 3.05) is 11.9 Å². The van der Waals surface area contributed by atoms with E-state index in [-0.39, 0.29) is 11.8 Å². The zero-order valence-corrected chi connectivity index (χ0v) is 16.5. The fourth-order valence-electron chi connectivity index (χ4n) is 2.83. The lowest BCUT2D eigenvalue weighted by molar-refractivity contribution is -0.118. The molecule has 2 amide bonds. The van der Waals surface area contributed by atoms with Gasteiger partial charge in [-0.05, 0) is 29.8 Å². The number of pyridine rings is 1. The molecule has 0 bridgehead atoms. The molecular weight excluding hydrogens is 376 g/mol. The SMILES string of the molecule is CCC(=O)N(C)c1ccc(C2=NC(C(=O)NCc3cccnc3Cl)=CC2)cc1. The third-order valence-corrected chi connectivity index (χ3v) is 4.86. The van der Waals surface area contributed by atoms with Crippen molar-refractivity contribution in [1.82, 2.24) is 10.3 Å². The minimum atomic E-state index is -0.250. The molecule has 1 aromatic heterocycles. The van der Waals surface area contributed by atoms with Crippen LogP contribution in [0.15, 0.2) is 59.4 Å². The normalized spacial score (nSPS) is 13.0. The fourth-order valence-corrected chi connectivity index (χ4v) is 3.02. The fraction of sp³-hybridized carbons (Fsp3) is 0.238. The first-order valence-corrected chi connectivity index (χ1v) is 9.39. The number of carbonyl (C=O) groups excluding carboxylic acids is 2. The first kappa shape index (κ1) is 19.8. The van der Waals surface area contributed by atoms with Crippen LogP contribution in [-0.2, 0) is 16.1 Å². The first-order valence-electron chi connectivity index (χ1n) is 9.02. The summed E-state index contributed by atoms with van der Waals surface area (Å²) in [4.78, 5) is 34.2. The summed E-state index contributed by atoms with van der Waals surface area (Å²) in [6.07, 6.45) is 4.44. The maximum absolute atomic E-state index is 12.4. The highest BCUT2D eigenvalue weighted by Gasteiger charge is 2.17. The van der Waals surface area contributed by atoms with E-state index in [9.17, 15) is 9.59 Å². The number of aliphatic imine (C=N–C) groups is 1. The number of hydrogen-bond donors (Lipinski definition) is 1. The Morgan fingerprint density at radius 2 is 1.96 bits per heavy atom. The Bertz CT molecular complexity index is 951. The van der Waals surface area contributed by atoms with Crippen molar-refractivity contribution in [3.8, 4) is 0 Å². The van der Waals surface area contributed by atoms with Gasteiger partial charge in [-0.2, -0.15) is 0 Å². The van der Waals surface area contributed by atoms with E-state index in [1.165, 1.54) is 0 Å². The number of carbonyl (C=O) groups is 2. The zero-order valence-electron chi connectivity index (χ0n) is 15.8. The van der Waals surface area contributed by atoms with E-state index in [0.717, 1.165) is 22.5 Å². The zero-order chi connectivity index (χ0) is 20.1. The minimum absolute atomic E-state index is 0.0558. The van der Waals surface area contributed by atoms with Gasteiger partial charge in [-0.25, -0.2) is 9.98 Å². The number of nitrogens with zero attached hydrogens (tertiary/aromatic N) is 3. The third kappa shape index (κ3) is 4.46. The van der Waals surface area contributed by atoms with Crippen LogP contribution in [0.3, 0.4) is 0 Å². The largest absolute Gasteiger partial charge is 0.347 e. The number of allylic oxidation sites excluding steroid dienone is 1. The van der Waals surface area contributed by atoms with E-state index in [1.54, 1.807) is 30.3 Å². The second kappa shape index (κ2) is 8.80. The molecule has 0 spiro atoms. The van der Waals surface area contributed by atoms with Crippen LogP contribution in [0.25, 0.3) is 0 Å². The van der Waals surface area contributed by atoms with E-state index in [0.29, 0.717) is 30.2 Å². The molecular formula is C21H21ClN4O2. The summed E-state index contributed by atoms with van der Waals surface area (Å²) in [5.41, 5.74) is 3.71. The van der Waals surface area contributed by atoms with E-state index < -0.39 is 0 Å². The lowest BCUT2D eigenvalue weighted by atomic mass is 10.1. The van der Waals surface area contributed by atoms with Crippen LogP contribution in [-0.4, -0.2) is 29.6 Å². The van der Waals surface area contributed by atoms with Crippen LogP contribution in [0.2, 0.25) is 5.15 Å². The predicted octanol–water partition coefficient (Wildman–Crippen LogP) is 3.50. The summed E-state index contributed by atoms with van der Waals surface area (Å²) < 4.78 is 0. The second-order valence-electron chi connectivity index (χ2n) is 6.34. The summed E-state index contributed by atoms with van der Waals surface area (Å²) >= 11 is 6.01. The van der Waals surface area contributed by atoms with Gasteiger partial charge in [0, 0.05) is 43.9 Å². The van der Waals surface area contributed by atoms with Crippen LogP contribution in [0.4, 0.5) is 5.69 Å². The van der Waals surface area contributed by atoms with E-state index in [1.807, 2.05) is 37.3 Å². The Labute approximate surface area is 168 Å². The van der Waals surface area contributed by atoms with Gasteiger partial charge in [0.25, 0.3) is 5.91 Å². The highest BCUT2D eigenvalue weighted by atomic mass is 35.5. The number of amides is 2. The molecule has 2 aromatic rings. The molecule has 0 unspecified atom stereocenters. The molecule has 144 valence electrons. The van der Waals surface area contributed by atoms with Gasteiger partial charge < -0.3 is 10.2 Å². The molecule has 6 nitrogen and oxygen atoms in total. The smallest absolute Gasteiger partial charge is 0.269 e. The number of halogens is 1. The molecule has 1 aromatic carbocycles. The first-order chi connectivity index (χ1) is 13.5. The van der Waals surface area contributed by atoms with Gasteiger partial charge >= 0.3 is 0 Å². The van der Waals surface area contributed by atoms with Gasteiger partial charge in [-0.1, -0.05) is 36.7 Å². The topological polar surface area (TPSA) is 74.7 Å². The quantitative estimate of drug-likeness (QED) is 0.759. The Morgan fingerprint density at radius 3 is 2.64 bits per heavy atom. The highest BCUT2D eigenvalue weighted by molar-refractivity contribution is 6.30. The van der Waals surface area contributed by atoms with E-state index in [4.69, 9.17) is 11.6 Å². The summed E-state index contributed by atoms with van der Waals surface area (Å²) in [5, 5.41) is 3.19. The standard InChI is InChI=1S/C21H21ClN4O2/c1-3-19(27)26(2)16-8-6-14(7-9-16)17-10-11-18(25-17)21(28)24-13-15-5-4-12-23-20(15)22/h4-9,11-12H,3,10,13H2,1-2H3,(H,24,28). The van der Waals surface area contributed by atoms with Crippen LogP contribution in [0.1, 0.15) is 30.9 Å². The van der Waals surface area contributed by atoms with Crippen molar-refractivity contribution in [2.45, 2.75) is 26.3 Å². The molecule has 0 saturated heterocycles. The predicted molar refractivity (Wildman–Crippen MR) is 110 cm³/mol. The Balaban J connectivity index is 1.63. The molecule has 0 saturated carbocycles. The highest BCUT2D eigenvalue weighted by Crippen LogP contribution is 2.20. The third-order valence-electron chi connectivity index (χ3n) is 4.52. The van der Waals surface area contributed by atoms with Crippen LogP contribution < -0.4 is 10.2 Å². The molecule has 7 heteroatoms. The number of aromatic nitrogens is 1. The Morgan fingerprint density at radius 1 is 1.21 bits per heavy atom. The van der Waals surface area contributed by atoms with Crippen LogP contribution >= 0.6 is 11.6 Å². The summed E-state index contributed by atoms with van der Waals surface area (Å²) in [6.45, 7) is 2.13. The van der Waals surface area contributed by atoms with Gasteiger partial charge in [0.15, 0.2) is 0 Å². The number of anilines is 1. The number of rotatable bonds is 6. The van der Waals surface area contributed by atoms with Crippen molar-refractivity contribution in [3.63, 3.8) is 0 Å². The molecule has 1 aliphatic rings. The van der Waals surface area contributed by atoms with E-state index >= 15 is 0 Å². The number of benzene rings is 1. The maximum atomic E-state index is 12.4. The summed E-state index contributed by atoms with van der Waals surface area (Å²) in [7, 11) is 1.76. The molecule has 1 N–H and O–H groups in total. The van der Waals surface area contributed by atoms with Crippen LogP contribution in [0, 0.1) is 0 Å². The second-order valence-corrected chi connectivity index (χ2v) is 6.70. The van der Waals surface area contributed by atoms with Gasteiger partial charge in [0.1, 0.15) is 10.9 Å². The van der Waals surface area contributed by atoms with Crippen LogP contribution in [0.5, 0.6) is 0 Å². The maximum Gasteiger partial charge on any atom is 0.269 e. The van der Waals surface area contributed by atoms with E-state index in [2.05, 4.69) is 15.3 Å². The average Bonchev–Trinajstić information content (AvgIpc) is 3.22.